The lowest BCUT2D eigenvalue weighted by Gasteiger charge is -2.11. The number of aromatic nitrogens is 1. The fraction of sp³-hybridized carbons (Fsp3) is 0.250. The van der Waals surface area contributed by atoms with Crippen molar-refractivity contribution in [3.63, 3.8) is 0 Å². The average Bonchev–Trinajstić information content (AvgIpc) is 3.36. The Morgan fingerprint density at radius 1 is 1.00 bits per heavy atom. The van der Waals surface area contributed by atoms with Crippen molar-refractivity contribution in [1.82, 2.24) is 4.57 Å². The van der Waals surface area contributed by atoms with E-state index in [1.54, 1.807) is 24.3 Å². The van der Waals surface area contributed by atoms with Gasteiger partial charge in [-0.1, -0.05) is 17.7 Å². The number of rotatable bonds is 8. The Morgan fingerprint density at radius 2 is 1.75 bits per heavy atom. The molecule has 8 heteroatoms. The first-order chi connectivity index (χ1) is 15.4. The lowest BCUT2D eigenvalue weighted by molar-refractivity contribution is -0.144. The van der Waals surface area contributed by atoms with E-state index in [1.807, 2.05) is 42.7 Å². The standard InChI is InChI=1S/C24H22ClNO6/c1-15-9-20(16(2)26(15)11-17-3-8-22-23(10-17)32-14-31-22)21(27)12-30-24(28)13-29-19-6-4-18(25)5-7-19/h3-10H,11-14H2,1-2H3. The van der Waals surface area contributed by atoms with Gasteiger partial charge >= 0.3 is 5.97 Å². The molecular weight excluding hydrogens is 434 g/mol. The molecule has 0 saturated carbocycles. The van der Waals surface area contributed by atoms with Crippen molar-refractivity contribution >= 4 is 23.4 Å². The zero-order valence-corrected chi connectivity index (χ0v) is 18.5. The number of carbonyl (C=O) groups excluding carboxylic acids is 2. The number of Topliss-reactive ketones (excluding diaryl/α,β-unsaturated/α-hetero) is 1. The van der Waals surface area contributed by atoms with E-state index in [2.05, 4.69) is 0 Å². The van der Waals surface area contributed by atoms with Crippen molar-refractivity contribution in [3.8, 4) is 17.2 Å². The van der Waals surface area contributed by atoms with Gasteiger partial charge in [0, 0.05) is 28.5 Å². The summed E-state index contributed by atoms with van der Waals surface area (Å²) in [5, 5.41) is 0.571. The van der Waals surface area contributed by atoms with Gasteiger partial charge in [-0.05, 0) is 61.9 Å². The molecule has 0 unspecified atom stereocenters. The van der Waals surface area contributed by atoms with Crippen LogP contribution in [0.25, 0.3) is 0 Å². The molecule has 4 rings (SSSR count). The molecule has 0 spiro atoms. The molecule has 7 nitrogen and oxygen atoms in total. The Labute approximate surface area is 190 Å². The molecule has 1 aliphatic rings. The van der Waals surface area contributed by atoms with Gasteiger partial charge in [0.2, 0.25) is 12.6 Å². The van der Waals surface area contributed by atoms with E-state index in [9.17, 15) is 9.59 Å². The Hall–Kier alpha value is -3.45. The topological polar surface area (TPSA) is 76.0 Å². The summed E-state index contributed by atoms with van der Waals surface area (Å²) in [6, 6.07) is 14.2. The van der Waals surface area contributed by atoms with E-state index in [4.69, 9.17) is 30.5 Å². The quantitative estimate of drug-likeness (QED) is 0.371. The number of ether oxygens (including phenoxy) is 4. The lowest BCUT2D eigenvalue weighted by Crippen LogP contribution is -2.20. The summed E-state index contributed by atoms with van der Waals surface area (Å²) in [6.07, 6.45) is 0. The van der Waals surface area contributed by atoms with Crippen molar-refractivity contribution < 1.29 is 28.5 Å². The fourth-order valence-electron chi connectivity index (χ4n) is 3.49. The van der Waals surface area contributed by atoms with Gasteiger partial charge in [-0.15, -0.1) is 0 Å². The number of aryl methyl sites for hydroxylation is 1. The zero-order valence-electron chi connectivity index (χ0n) is 17.7. The molecule has 3 aromatic rings. The zero-order chi connectivity index (χ0) is 22.7. The molecule has 2 aromatic carbocycles. The summed E-state index contributed by atoms with van der Waals surface area (Å²) >= 11 is 5.81. The van der Waals surface area contributed by atoms with E-state index < -0.39 is 5.97 Å². The normalized spacial score (nSPS) is 12.0. The average molecular weight is 456 g/mol. The molecule has 1 aromatic heterocycles. The number of hydrogen-bond donors (Lipinski definition) is 0. The van der Waals surface area contributed by atoms with Crippen LogP contribution in [-0.4, -0.2) is 36.3 Å². The first kappa shape index (κ1) is 21.8. The molecular formula is C24H22ClNO6. The highest BCUT2D eigenvalue weighted by Crippen LogP contribution is 2.33. The first-order valence-electron chi connectivity index (χ1n) is 10.0. The van der Waals surface area contributed by atoms with Gasteiger partial charge < -0.3 is 23.5 Å². The third-order valence-electron chi connectivity index (χ3n) is 5.19. The van der Waals surface area contributed by atoms with E-state index in [0.717, 1.165) is 22.7 Å². The van der Waals surface area contributed by atoms with Crippen LogP contribution in [0.2, 0.25) is 5.02 Å². The third kappa shape index (κ3) is 4.89. The highest BCUT2D eigenvalue weighted by Gasteiger charge is 2.19. The van der Waals surface area contributed by atoms with Crippen LogP contribution in [0.5, 0.6) is 17.2 Å². The Balaban J connectivity index is 1.34. The second kappa shape index (κ2) is 9.36. The maximum atomic E-state index is 12.7. The van der Waals surface area contributed by atoms with E-state index in [0.29, 0.717) is 28.6 Å². The highest BCUT2D eigenvalue weighted by atomic mass is 35.5. The number of esters is 1. The molecule has 0 amide bonds. The van der Waals surface area contributed by atoms with E-state index in [-0.39, 0.29) is 25.8 Å². The number of fused-ring (bicyclic) bond motifs is 1. The van der Waals surface area contributed by atoms with Gasteiger partial charge in [0.15, 0.2) is 24.7 Å². The lowest BCUT2D eigenvalue weighted by atomic mass is 10.1. The molecule has 166 valence electrons. The largest absolute Gasteiger partial charge is 0.482 e. The maximum absolute atomic E-state index is 12.7. The van der Waals surface area contributed by atoms with Crippen LogP contribution in [-0.2, 0) is 16.1 Å². The van der Waals surface area contributed by atoms with Gasteiger partial charge in [0.1, 0.15) is 5.75 Å². The van der Waals surface area contributed by atoms with Gasteiger partial charge in [0.05, 0.1) is 0 Å². The summed E-state index contributed by atoms with van der Waals surface area (Å²) in [6.45, 7) is 3.97. The molecule has 0 bridgehead atoms. The minimum Gasteiger partial charge on any atom is -0.482 e. The van der Waals surface area contributed by atoms with Crippen LogP contribution in [0, 0.1) is 13.8 Å². The second-order valence-corrected chi connectivity index (χ2v) is 7.82. The number of nitrogens with zero attached hydrogens (tertiary/aromatic N) is 1. The van der Waals surface area contributed by atoms with Crippen molar-refractivity contribution in [1.29, 1.82) is 0 Å². The summed E-state index contributed by atoms with van der Waals surface area (Å²) < 4.78 is 23.3. The minimum atomic E-state index is -0.623. The van der Waals surface area contributed by atoms with Gasteiger partial charge in [-0.2, -0.15) is 0 Å². The summed E-state index contributed by atoms with van der Waals surface area (Å²) in [4.78, 5) is 24.6. The molecule has 0 atom stereocenters. The van der Waals surface area contributed by atoms with Gasteiger partial charge in [0.25, 0.3) is 0 Å². The van der Waals surface area contributed by atoms with Crippen LogP contribution in [0.4, 0.5) is 0 Å². The van der Waals surface area contributed by atoms with Crippen LogP contribution in [0.3, 0.4) is 0 Å². The first-order valence-corrected chi connectivity index (χ1v) is 10.4. The molecule has 0 fully saturated rings. The van der Waals surface area contributed by atoms with Crippen LogP contribution >= 0.6 is 11.6 Å². The summed E-state index contributed by atoms with van der Waals surface area (Å²) in [7, 11) is 0. The van der Waals surface area contributed by atoms with Crippen molar-refractivity contribution in [2.45, 2.75) is 20.4 Å². The van der Waals surface area contributed by atoms with Crippen molar-refractivity contribution in [2.24, 2.45) is 0 Å². The fourth-order valence-corrected chi connectivity index (χ4v) is 3.61. The van der Waals surface area contributed by atoms with Crippen LogP contribution in [0.15, 0.2) is 48.5 Å². The van der Waals surface area contributed by atoms with Crippen LogP contribution in [0.1, 0.15) is 27.3 Å². The van der Waals surface area contributed by atoms with E-state index in [1.165, 1.54) is 0 Å². The Kier molecular flexibility index (Phi) is 6.37. The number of hydrogen-bond acceptors (Lipinski definition) is 6. The molecule has 2 heterocycles. The predicted octanol–water partition coefficient (Wildman–Crippen LogP) is 4.34. The van der Waals surface area contributed by atoms with E-state index >= 15 is 0 Å². The monoisotopic (exact) mass is 455 g/mol. The van der Waals surface area contributed by atoms with Crippen molar-refractivity contribution in [3.05, 3.63) is 76.1 Å². The minimum absolute atomic E-state index is 0.225. The van der Waals surface area contributed by atoms with Crippen LogP contribution < -0.4 is 14.2 Å². The predicted molar refractivity (Wildman–Crippen MR) is 118 cm³/mol. The number of benzene rings is 2. The van der Waals surface area contributed by atoms with Gasteiger partial charge in [-0.25, -0.2) is 4.79 Å². The summed E-state index contributed by atoms with van der Waals surface area (Å²) in [5.74, 6) is 1.04. The number of ketones is 1. The third-order valence-corrected chi connectivity index (χ3v) is 5.44. The molecule has 32 heavy (non-hydrogen) atoms. The SMILES string of the molecule is Cc1cc(C(=O)COC(=O)COc2ccc(Cl)cc2)c(C)n1Cc1ccc2c(c1)OCO2. The van der Waals surface area contributed by atoms with Crippen molar-refractivity contribution in [2.75, 3.05) is 20.0 Å². The second-order valence-electron chi connectivity index (χ2n) is 7.39. The molecule has 1 aliphatic heterocycles. The molecule has 0 N–H and O–H groups in total. The number of carbonyl (C=O) groups is 2. The molecule has 0 aliphatic carbocycles. The Morgan fingerprint density at radius 3 is 2.53 bits per heavy atom. The smallest absolute Gasteiger partial charge is 0.344 e. The highest BCUT2D eigenvalue weighted by molar-refractivity contribution is 6.30. The Bertz CT molecular complexity index is 1150. The maximum Gasteiger partial charge on any atom is 0.344 e. The molecule has 0 saturated heterocycles. The molecule has 0 radical (unpaired) electrons. The van der Waals surface area contributed by atoms with Gasteiger partial charge in [-0.3, -0.25) is 4.79 Å². The summed E-state index contributed by atoms with van der Waals surface area (Å²) in [5.41, 5.74) is 3.29. The number of halogens is 1.